The SMILES string of the molecule is COc1cc(C=NNC(=O)c2cnccn2)ccc1OC(=O)c1ccc(Cl)c(Cl)c1. The van der Waals surface area contributed by atoms with E-state index in [4.69, 9.17) is 32.7 Å². The second kappa shape index (κ2) is 9.82. The van der Waals surface area contributed by atoms with Crippen molar-refractivity contribution >= 4 is 41.3 Å². The van der Waals surface area contributed by atoms with Crippen LogP contribution in [-0.2, 0) is 0 Å². The van der Waals surface area contributed by atoms with E-state index in [0.29, 0.717) is 16.3 Å². The summed E-state index contributed by atoms with van der Waals surface area (Å²) in [4.78, 5) is 31.9. The van der Waals surface area contributed by atoms with Crippen molar-refractivity contribution in [3.63, 3.8) is 0 Å². The zero-order chi connectivity index (χ0) is 21.5. The number of methoxy groups -OCH3 is 1. The number of benzene rings is 2. The molecule has 0 spiro atoms. The summed E-state index contributed by atoms with van der Waals surface area (Å²) in [5.41, 5.74) is 3.31. The highest BCUT2D eigenvalue weighted by atomic mass is 35.5. The fourth-order valence-electron chi connectivity index (χ4n) is 2.27. The number of amides is 1. The van der Waals surface area contributed by atoms with E-state index in [1.54, 1.807) is 18.2 Å². The molecule has 0 fully saturated rings. The van der Waals surface area contributed by atoms with Crippen LogP contribution in [0.4, 0.5) is 0 Å². The molecule has 0 aliphatic heterocycles. The number of carbonyl (C=O) groups is 2. The Morgan fingerprint density at radius 1 is 1.07 bits per heavy atom. The number of aromatic nitrogens is 2. The Bertz CT molecular complexity index is 1110. The van der Waals surface area contributed by atoms with E-state index in [1.165, 1.54) is 50.1 Å². The first-order chi connectivity index (χ1) is 14.5. The van der Waals surface area contributed by atoms with Gasteiger partial charge < -0.3 is 9.47 Å². The highest BCUT2D eigenvalue weighted by molar-refractivity contribution is 6.42. The lowest BCUT2D eigenvalue weighted by Crippen LogP contribution is -2.19. The van der Waals surface area contributed by atoms with Gasteiger partial charge >= 0.3 is 5.97 Å². The molecule has 1 aromatic heterocycles. The van der Waals surface area contributed by atoms with Gasteiger partial charge in [-0.3, -0.25) is 9.78 Å². The standard InChI is InChI=1S/C20H14Cl2N4O4/c1-29-18-8-12(10-25-26-19(27)16-11-23-6-7-24-16)2-5-17(18)30-20(28)13-3-4-14(21)15(22)9-13/h2-11H,1H3,(H,26,27). The maximum absolute atomic E-state index is 12.3. The van der Waals surface area contributed by atoms with Crippen molar-refractivity contribution < 1.29 is 19.1 Å². The molecule has 0 radical (unpaired) electrons. The number of esters is 1. The molecule has 10 heteroatoms. The maximum atomic E-state index is 12.3. The molecule has 0 saturated heterocycles. The van der Waals surface area contributed by atoms with Crippen molar-refractivity contribution in [1.82, 2.24) is 15.4 Å². The Morgan fingerprint density at radius 2 is 1.90 bits per heavy atom. The van der Waals surface area contributed by atoms with E-state index in [0.717, 1.165) is 0 Å². The average Bonchev–Trinajstić information content (AvgIpc) is 2.77. The second-order valence-electron chi connectivity index (χ2n) is 5.72. The summed E-state index contributed by atoms with van der Waals surface area (Å²) < 4.78 is 10.6. The molecule has 1 N–H and O–H groups in total. The highest BCUT2D eigenvalue weighted by Crippen LogP contribution is 2.29. The number of nitrogens with one attached hydrogen (secondary N) is 1. The van der Waals surface area contributed by atoms with Crippen LogP contribution in [0.2, 0.25) is 10.0 Å². The minimum atomic E-state index is -0.621. The third kappa shape index (κ3) is 5.31. The van der Waals surface area contributed by atoms with E-state index >= 15 is 0 Å². The van der Waals surface area contributed by atoms with Crippen molar-refractivity contribution in [3.05, 3.63) is 81.9 Å². The van der Waals surface area contributed by atoms with Gasteiger partial charge in [-0.1, -0.05) is 23.2 Å². The minimum absolute atomic E-state index is 0.136. The van der Waals surface area contributed by atoms with Gasteiger partial charge in [0, 0.05) is 12.4 Å². The van der Waals surface area contributed by atoms with Crippen LogP contribution < -0.4 is 14.9 Å². The van der Waals surface area contributed by atoms with Crippen LogP contribution in [0, 0.1) is 0 Å². The molecule has 0 bridgehead atoms. The van der Waals surface area contributed by atoms with E-state index in [2.05, 4.69) is 20.5 Å². The van der Waals surface area contributed by atoms with Crippen molar-refractivity contribution in [2.75, 3.05) is 7.11 Å². The Hall–Kier alpha value is -3.49. The molecule has 0 saturated carbocycles. The first-order valence-corrected chi connectivity index (χ1v) is 9.18. The summed E-state index contributed by atoms with van der Waals surface area (Å²) in [5, 5.41) is 4.44. The monoisotopic (exact) mass is 444 g/mol. The van der Waals surface area contributed by atoms with Gasteiger partial charge in [0.1, 0.15) is 5.69 Å². The number of hydrogen-bond acceptors (Lipinski definition) is 7. The molecule has 0 atom stereocenters. The fraction of sp³-hybridized carbons (Fsp3) is 0.0500. The largest absolute Gasteiger partial charge is 0.493 e. The van der Waals surface area contributed by atoms with Crippen LogP contribution in [0.15, 0.2) is 60.1 Å². The molecule has 3 rings (SSSR count). The van der Waals surface area contributed by atoms with Gasteiger partial charge in [-0.2, -0.15) is 5.10 Å². The van der Waals surface area contributed by atoms with Crippen LogP contribution >= 0.6 is 23.2 Å². The van der Waals surface area contributed by atoms with Crippen molar-refractivity contribution in [3.8, 4) is 11.5 Å². The third-order valence-electron chi connectivity index (χ3n) is 3.72. The first-order valence-electron chi connectivity index (χ1n) is 8.42. The molecule has 0 unspecified atom stereocenters. The zero-order valence-electron chi connectivity index (χ0n) is 15.5. The van der Waals surface area contributed by atoms with Gasteiger partial charge in [0.05, 0.1) is 35.1 Å². The molecule has 0 aliphatic rings. The molecule has 2 aromatic carbocycles. The zero-order valence-corrected chi connectivity index (χ0v) is 17.0. The lowest BCUT2D eigenvalue weighted by Gasteiger charge is -2.10. The number of ether oxygens (including phenoxy) is 2. The van der Waals surface area contributed by atoms with E-state index in [9.17, 15) is 9.59 Å². The Morgan fingerprint density at radius 3 is 2.60 bits per heavy atom. The Labute approximate surface area is 181 Å². The smallest absolute Gasteiger partial charge is 0.343 e. The topological polar surface area (TPSA) is 103 Å². The van der Waals surface area contributed by atoms with Crippen LogP contribution in [0.3, 0.4) is 0 Å². The van der Waals surface area contributed by atoms with Crippen LogP contribution in [-0.4, -0.2) is 35.2 Å². The predicted octanol–water partition coefficient (Wildman–Crippen LogP) is 3.78. The molecule has 152 valence electrons. The second-order valence-corrected chi connectivity index (χ2v) is 6.53. The Balaban J connectivity index is 1.69. The molecular weight excluding hydrogens is 431 g/mol. The van der Waals surface area contributed by atoms with Crippen molar-refractivity contribution in [1.29, 1.82) is 0 Å². The fourth-order valence-corrected chi connectivity index (χ4v) is 2.57. The van der Waals surface area contributed by atoms with Crippen molar-refractivity contribution in [2.45, 2.75) is 0 Å². The minimum Gasteiger partial charge on any atom is -0.493 e. The molecule has 30 heavy (non-hydrogen) atoms. The van der Waals surface area contributed by atoms with Gasteiger partial charge in [-0.25, -0.2) is 15.2 Å². The van der Waals surface area contributed by atoms with Gasteiger partial charge in [0.15, 0.2) is 11.5 Å². The summed E-state index contributed by atoms with van der Waals surface area (Å²) in [6, 6.07) is 9.20. The van der Waals surface area contributed by atoms with Gasteiger partial charge in [0.2, 0.25) is 0 Å². The van der Waals surface area contributed by atoms with E-state index in [1.807, 2.05) is 0 Å². The number of rotatable bonds is 6. The van der Waals surface area contributed by atoms with E-state index in [-0.39, 0.29) is 22.0 Å². The summed E-state index contributed by atoms with van der Waals surface area (Å²) >= 11 is 11.8. The number of carbonyl (C=O) groups excluding carboxylic acids is 2. The molecular formula is C20H14Cl2N4O4. The molecule has 1 amide bonds. The summed E-state index contributed by atoms with van der Waals surface area (Å²) in [7, 11) is 1.43. The first kappa shape index (κ1) is 21.2. The maximum Gasteiger partial charge on any atom is 0.343 e. The van der Waals surface area contributed by atoms with Gasteiger partial charge in [0.25, 0.3) is 5.91 Å². The highest BCUT2D eigenvalue weighted by Gasteiger charge is 2.14. The van der Waals surface area contributed by atoms with Crippen LogP contribution in [0.5, 0.6) is 11.5 Å². The van der Waals surface area contributed by atoms with Crippen LogP contribution in [0.1, 0.15) is 26.4 Å². The normalized spacial score (nSPS) is 10.6. The number of nitrogens with zero attached hydrogens (tertiary/aromatic N) is 3. The average molecular weight is 445 g/mol. The Kier molecular flexibility index (Phi) is 6.95. The van der Waals surface area contributed by atoms with E-state index < -0.39 is 11.9 Å². The van der Waals surface area contributed by atoms with Crippen LogP contribution in [0.25, 0.3) is 0 Å². The predicted molar refractivity (Wildman–Crippen MR) is 112 cm³/mol. The van der Waals surface area contributed by atoms with Gasteiger partial charge in [-0.05, 0) is 42.0 Å². The summed E-state index contributed by atoms with van der Waals surface area (Å²) in [5.74, 6) is -0.620. The lowest BCUT2D eigenvalue weighted by molar-refractivity contribution is 0.0729. The summed E-state index contributed by atoms with van der Waals surface area (Å²) in [6.07, 6.45) is 5.59. The molecule has 0 aliphatic carbocycles. The number of hydrazone groups is 1. The lowest BCUT2D eigenvalue weighted by atomic mass is 10.2. The number of hydrogen-bond donors (Lipinski definition) is 1. The summed E-state index contributed by atoms with van der Waals surface area (Å²) in [6.45, 7) is 0. The molecule has 1 heterocycles. The number of halogens is 2. The van der Waals surface area contributed by atoms with Gasteiger partial charge in [-0.15, -0.1) is 0 Å². The molecule has 8 nitrogen and oxygen atoms in total. The third-order valence-corrected chi connectivity index (χ3v) is 4.46. The molecule has 3 aromatic rings. The van der Waals surface area contributed by atoms with Crippen molar-refractivity contribution in [2.24, 2.45) is 5.10 Å². The quantitative estimate of drug-likeness (QED) is 0.268.